The summed E-state index contributed by atoms with van der Waals surface area (Å²) in [5, 5.41) is 2.82. The molecule has 0 fully saturated rings. The predicted octanol–water partition coefficient (Wildman–Crippen LogP) is 2.86. The third kappa shape index (κ3) is 3.11. The summed E-state index contributed by atoms with van der Waals surface area (Å²) < 4.78 is 4.75. The summed E-state index contributed by atoms with van der Waals surface area (Å²) in [7, 11) is 1.32. The van der Waals surface area contributed by atoms with Crippen LogP contribution in [0.15, 0.2) is 48.5 Å². The molecule has 1 heterocycles. The smallest absolute Gasteiger partial charge is 0.339 e. The van der Waals surface area contributed by atoms with Crippen molar-refractivity contribution in [2.45, 2.75) is 19.4 Å². The first-order valence-electron chi connectivity index (χ1n) is 7.92. The van der Waals surface area contributed by atoms with E-state index in [0.717, 1.165) is 12.1 Å². The van der Waals surface area contributed by atoms with Crippen LogP contribution in [0.3, 0.4) is 0 Å². The van der Waals surface area contributed by atoms with Gasteiger partial charge in [-0.05, 0) is 37.1 Å². The van der Waals surface area contributed by atoms with Gasteiger partial charge in [0.25, 0.3) is 0 Å². The van der Waals surface area contributed by atoms with Crippen LogP contribution in [0, 0.1) is 0 Å². The number of nitrogens with one attached hydrogen (secondary N) is 1. The molecule has 1 unspecified atom stereocenters. The second-order valence-corrected chi connectivity index (χ2v) is 5.90. The number of carbonyl (C=O) groups excluding carboxylic acids is 2. The summed E-state index contributed by atoms with van der Waals surface area (Å²) in [5.74, 6) is -0.624. The van der Waals surface area contributed by atoms with Gasteiger partial charge in [-0.3, -0.25) is 4.79 Å². The highest BCUT2D eigenvalue weighted by molar-refractivity contribution is 6.02. The number of methoxy groups -OCH3 is 1. The van der Waals surface area contributed by atoms with Crippen molar-refractivity contribution in [2.75, 3.05) is 23.9 Å². The highest BCUT2D eigenvalue weighted by Crippen LogP contribution is 2.31. The number of nitrogens with zero attached hydrogens (tertiary/aromatic N) is 1. The fraction of sp³-hybridized carbons (Fsp3) is 0.263. The summed E-state index contributed by atoms with van der Waals surface area (Å²) in [5.41, 5.74) is 3.17. The molecule has 0 aromatic heterocycles. The predicted molar refractivity (Wildman–Crippen MR) is 93.4 cm³/mol. The van der Waals surface area contributed by atoms with Gasteiger partial charge >= 0.3 is 5.97 Å². The molecule has 1 aliphatic heterocycles. The van der Waals surface area contributed by atoms with Crippen molar-refractivity contribution in [2.24, 2.45) is 0 Å². The zero-order chi connectivity index (χ0) is 17.1. The quantitative estimate of drug-likeness (QED) is 0.879. The summed E-state index contributed by atoms with van der Waals surface area (Å²) in [4.78, 5) is 26.4. The summed E-state index contributed by atoms with van der Waals surface area (Å²) in [6, 6.07) is 15.2. The number of ether oxygens (including phenoxy) is 1. The number of carbonyl (C=O) groups is 2. The van der Waals surface area contributed by atoms with Crippen molar-refractivity contribution in [1.82, 2.24) is 0 Å². The maximum absolute atomic E-state index is 12.5. The number of para-hydroxylation sites is 2. The number of fused-ring (bicyclic) bond motifs is 1. The van der Waals surface area contributed by atoms with Gasteiger partial charge in [-0.1, -0.05) is 30.3 Å². The Morgan fingerprint density at radius 2 is 1.88 bits per heavy atom. The van der Waals surface area contributed by atoms with Gasteiger partial charge in [0.1, 0.15) is 0 Å². The molecular weight excluding hydrogens is 304 g/mol. The van der Waals surface area contributed by atoms with Gasteiger partial charge in [0.2, 0.25) is 5.91 Å². The van der Waals surface area contributed by atoms with Crippen molar-refractivity contribution in [1.29, 1.82) is 0 Å². The molecule has 5 heteroatoms. The van der Waals surface area contributed by atoms with Crippen molar-refractivity contribution in [3.63, 3.8) is 0 Å². The maximum Gasteiger partial charge on any atom is 0.339 e. The van der Waals surface area contributed by atoms with Crippen LogP contribution in [0.2, 0.25) is 0 Å². The van der Waals surface area contributed by atoms with Crippen molar-refractivity contribution >= 4 is 23.3 Å². The molecule has 24 heavy (non-hydrogen) atoms. The molecule has 0 saturated heterocycles. The van der Waals surface area contributed by atoms with Gasteiger partial charge in [0, 0.05) is 11.7 Å². The van der Waals surface area contributed by atoms with Crippen LogP contribution in [0.5, 0.6) is 0 Å². The zero-order valence-electron chi connectivity index (χ0n) is 13.8. The monoisotopic (exact) mass is 324 g/mol. The lowest BCUT2D eigenvalue weighted by atomic mass is 10.1. The van der Waals surface area contributed by atoms with E-state index in [2.05, 4.69) is 23.2 Å². The van der Waals surface area contributed by atoms with E-state index in [4.69, 9.17) is 4.74 Å². The lowest BCUT2D eigenvalue weighted by Gasteiger charge is -2.24. The number of anilines is 2. The molecule has 0 spiro atoms. The molecule has 2 aromatic carbocycles. The van der Waals surface area contributed by atoms with Gasteiger partial charge in [-0.2, -0.15) is 0 Å². The average Bonchev–Trinajstić information content (AvgIpc) is 2.90. The first-order valence-corrected chi connectivity index (χ1v) is 7.92. The van der Waals surface area contributed by atoms with E-state index in [-0.39, 0.29) is 18.5 Å². The Balaban J connectivity index is 1.74. The third-order valence-corrected chi connectivity index (χ3v) is 4.27. The number of amides is 1. The van der Waals surface area contributed by atoms with Crippen LogP contribution in [0.4, 0.5) is 11.4 Å². The Kier molecular flexibility index (Phi) is 4.51. The minimum absolute atomic E-state index is 0.157. The van der Waals surface area contributed by atoms with Crippen LogP contribution in [0.1, 0.15) is 22.8 Å². The SMILES string of the molecule is COC(=O)c1ccccc1NC(=O)CN1c2ccccc2CC1C. The van der Waals surface area contributed by atoms with E-state index >= 15 is 0 Å². The summed E-state index contributed by atoms with van der Waals surface area (Å²) >= 11 is 0. The van der Waals surface area contributed by atoms with Gasteiger partial charge < -0.3 is 15.0 Å². The summed E-state index contributed by atoms with van der Waals surface area (Å²) in [6.07, 6.45) is 0.933. The zero-order valence-corrected chi connectivity index (χ0v) is 13.8. The Bertz CT molecular complexity index is 773. The fourth-order valence-electron chi connectivity index (χ4n) is 3.10. The van der Waals surface area contributed by atoms with E-state index in [1.54, 1.807) is 24.3 Å². The van der Waals surface area contributed by atoms with Gasteiger partial charge in [0.05, 0.1) is 24.9 Å². The minimum Gasteiger partial charge on any atom is -0.465 e. The van der Waals surface area contributed by atoms with E-state index in [9.17, 15) is 9.59 Å². The van der Waals surface area contributed by atoms with E-state index < -0.39 is 5.97 Å². The molecular formula is C19H20N2O3. The standard InChI is InChI=1S/C19H20N2O3/c1-13-11-14-7-3-6-10-17(14)21(13)12-18(22)20-16-9-5-4-8-15(16)19(23)24-2/h3-10,13H,11-12H2,1-2H3,(H,20,22). The molecule has 0 aliphatic carbocycles. The first kappa shape index (κ1) is 16.1. The fourth-order valence-corrected chi connectivity index (χ4v) is 3.10. The normalized spacial score (nSPS) is 15.8. The number of hydrogen-bond donors (Lipinski definition) is 1. The topological polar surface area (TPSA) is 58.6 Å². The third-order valence-electron chi connectivity index (χ3n) is 4.27. The van der Waals surface area contributed by atoms with Gasteiger partial charge in [0.15, 0.2) is 0 Å². The largest absolute Gasteiger partial charge is 0.465 e. The molecule has 0 radical (unpaired) electrons. The van der Waals surface area contributed by atoms with Crippen LogP contribution in [-0.2, 0) is 16.0 Å². The molecule has 5 nitrogen and oxygen atoms in total. The number of hydrogen-bond acceptors (Lipinski definition) is 4. The van der Waals surface area contributed by atoms with Crippen molar-refractivity contribution in [3.05, 3.63) is 59.7 Å². The van der Waals surface area contributed by atoms with Crippen LogP contribution < -0.4 is 10.2 Å². The molecule has 2 aromatic rings. The molecule has 1 N–H and O–H groups in total. The van der Waals surface area contributed by atoms with Crippen LogP contribution >= 0.6 is 0 Å². The molecule has 0 bridgehead atoms. The summed E-state index contributed by atoms with van der Waals surface area (Å²) in [6.45, 7) is 2.35. The Hall–Kier alpha value is -2.82. The molecule has 1 aliphatic rings. The van der Waals surface area contributed by atoms with Crippen molar-refractivity contribution in [3.8, 4) is 0 Å². The lowest BCUT2D eigenvalue weighted by Crippen LogP contribution is -2.37. The average molecular weight is 324 g/mol. The van der Waals surface area contributed by atoms with Gasteiger partial charge in [-0.15, -0.1) is 0 Å². The number of benzene rings is 2. The first-order chi connectivity index (χ1) is 11.6. The van der Waals surface area contributed by atoms with Crippen LogP contribution in [-0.4, -0.2) is 31.6 Å². The molecule has 1 atom stereocenters. The molecule has 3 rings (SSSR count). The lowest BCUT2D eigenvalue weighted by molar-refractivity contribution is -0.115. The second-order valence-electron chi connectivity index (χ2n) is 5.90. The number of rotatable bonds is 4. The molecule has 1 amide bonds. The van der Waals surface area contributed by atoms with E-state index in [1.165, 1.54) is 12.7 Å². The van der Waals surface area contributed by atoms with Gasteiger partial charge in [-0.25, -0.2) is 4.79 Å². The van der Waals surface area contributed by atoms with Crippen molar-refractivity contribution < 1.29 is 14.3 Å². The highest BCUT2D eigenvalue weighted by Gasteiger charge is 2.27. The molecule has 0 saturated carbocycles. The highest BCUT2D eigenvalue weighted by atomic mass is 16.5. The Morgan fingerprint density at radius 1 is 1.17 bits per heavy atom. The Morgan fingerprint density at radius 3 is 2.67 bits per heavy atom. The second kappa shape index (κ2) is 6.74. The Labute approximate surface area is 141 Å². The van der Waals surface area contributed by atoms with E-state index in [0.29, 0.717) is 11.3 Å². The van der Waals surface area contributed by atoms with Crippen LogP contribution in [0.25, 0.3) is 0 Å². The maximum atomic E-state index is 12.5. The minimum atomic E-state index is -0.467. The van der Waals surface area contributed by atoms with E-state index in [1.807, 2.05) is 18.2 Å². The molecule has 124 valence electrons. The number of esters is 1.